The molecule has 0 saturated carbocycles. The van der Waals surface area contributed by atoms with Crippen molar-refractivity contribution in [3.05, 3.63) is 59.2 Å². The summed E-state index contributed by atoms with van der Waals surface area (Å²) in [6.45, 7) is 6.46. The van der Waals surface area contributed by atoms with Crippen molar-refractivity contribution >= 4 is 23.4 Å². The predicted molar refractivity (Wildman–Crippen MR) is 121 cm³/mol. The van der Waals surface area contributed by atoms with Gasteiger partial charge in [-0.2, -0.15) is 5.26 Å². The van der Waals surface area contributed by atoms with Crippen LogP contribution in [-0.4, -0.2) is 41.9 Å². The molecule has 0 saturated heterocycles. The number of amides is 1. The molecule has 0 fully saturated rings. The average Bonchev–Trinajstić information content (AvgIpc) is 3.06. The molecule has 32 heavy (non-hydrogen) atoms. The van der Waals surface area contributed by atoms with Crippen LogP contribution in [0.2, 0.25) is 0 Å². The van der Waals surface area contributed by atoms with Crippen LogP contribution < -0.4 is 9.80 Å². The third-order valence-electron chi connectivity index (χ3n) is 5.94. The lowest BCUT2D eigenvalue weighted by Gasteiger charge is -2.37. The van der Waals surface area contributed by atoms with E-state index in [2.05, 4.69) is 17.0 Å². The first-order chi connectivity index (χ1) is 15.2. The number of nitriles is 1. The molecule has 2 aromatic rings. The number of ether oxygens (including phenoxy) is 1. The van der Waals surface area contributed by atoms with Crippen LogP contribution in [-0.2, 0) is 16.0 Å². The quantitative estimate of drug-likeness (QED) is 0.776. The monoisotopic (exact) mass is 433 g/mol. The fraction of sp³-hybridized carbons (Fsp3) is 0.400. The van der Waals surface area contributed by atoms with Crippen LogP contribution in [0.3, 0.4) is 0 Å². The normalized spacial score (nSPS) is 19.7. The minimum atomic E-state index is -1.00. The Morgan fingerprint density at radius 1 is 1.19 bits per heavy atom. The van der Waals surface area contributed by atoms with Crippen LogP contribution in [0.25, 0.3) is 0 Å². The fourth-order valence-electron chi connectivity index (χ4n) is 4.68. The Morgan fingerprint density at radius 3 is 2.62 bits per heavy atom. The van der Waals surface area contributed by atoms with Gasteiger partial charge >= 0.3 is 12.1 Å². The smallest absolute Gasteiger partial charge is 0.415 e. The van der Waals surface area contributed by atoms with Crippen molar-refractivity contribution in [2.24, 2.45) is 0 Å². The van der Waals surface area contributed by atoms with Crippen molar-refractivity contribution in [1.82, 2.24) is 0 Å². The van der Waals surface area contributed by atoms with Gasteiger partial charge in [0.25, 0.3) is 0 Å². The van der Waals surface area contributed by atoms with Crippen LogP contribution >= 0.6 is 0 Å². The highest BCUT2D eigenvalue weighted by Gasteiger charge is 2.48. The topological polar surface area (TPSA) is 93.9 Å². The van der Waals surface area contributed by atoms with Crippen molar-refractivity contribution in [1.29, 1.82) is 5.26 Å². The molecule has 0 bridgehead atoms. The Bertz CT molecular complexity index is 1100. The van der Waals surface area contributed by atoms with E-state index >= 15 is 0 Å². The third kappa shape index (κ3) is 4.01. The molecule has 0 spiro atoms. The maximum atomic E-state index is 13.3. The number of hydrogen-bond acceptors (Lipinski definition) is 5. The van der Waals surface area contributed by atoms with E-state index in [0.717, 1.165) is 25.1 Å². The van der Waals surface area contributed by atoms with Crippen molar-refractivity contribution in [3.63, 3.8) is 0 Å². The van der Waals surface area contributed by atoms with Gasteiger partial charge in [-0.15, -0.1) is 0 Å². The Hall–Kier alpha value is -3.53. The highest BCUT2D eigenvalue weighted by Crippen LogP contribution is 2.43. The summed E-state index contributed by atoms with van der Waals surface area (Å²) in [5.74, 6) is -1.92. The van der Waals surface area contributed by atoms with Gasteiger partial charge in [-0.05, 0) is 62.9 Å². The van der Waals surface area contributed by atoms with Crippen molar-refractivity contribution in [2.45, 2.75) is 51.2 Å². The second-order valence-electron chi connectivity index (χ2n) is 9.30. The molecule has 0 aromatic heterocycles. The molecule has 4 rings (SSSR count). The number of nitrogens with zero attached hydrogens (tertiary/aromatic N) is 3. The fourth-order valence-corrected chi connectivity index (χ4v) is 4.68. The van der Waals surface area contributed by atoms with Gasteiger partial charge in [-0.25, -0.2) is 4.79 Å². The number of rotatable bonds is 3. The second-order valence-corrected chi connectivity index (χ2v) is 9.30. The van der Waals surface area contributed by atoms with E-state index in [4.69, 9.17) is 4.74 Å². The van der Waals surface area contributed by atoms with E-state index in [-0.39, 0.29) is 0 Å². The van der Waals surface area contributed by atoms with E-state index in [9.17, 15) is 20.0 Å². The molecule has 1 N–H and O–H groups in total. The molecule has 1 amide bonds. The molecule has 0 aliphatic carbocycles. The summed E-state index contributed by atoms with van der Waals surface area (Å²) in [6.07, 6.45) is 1.33. The minimum Gasteiger partial charge on any atom is -0.481 e. The molecule has 2 aliphatic heterocycles. The summed E-state index contributed by atoms with van der Waals surface area (Å²) in [6, 6.07) is 14.3. The van der Waals surface area contributed by atoms with Crippen LogP contribution in [0.5, 0.6) is 0 Å². The van der Waals surface area contributed by atoms with Gasteiger partial charge in [0.05, 0.1) is 23.4 Å². The molecule has 166 valence electrons. The van der Waals surface area contributed by atoms with Gasteiger partial charge in [-0.3, -0.25) is 9.69 Å². The summed E-state index contributed by atoms with van der Waals surface area (Å²) in [5, 5.41) is 19.5. The SMILES string of the molecule is CC(C)(C)OC(=O)N1c2cc(C#N)ccc2C(C(=O)O)C1CN1CCCc2ccccc21. The second kappa shape index (κ2) is 8.19. The van der Waals surface area contributed by atoms with Gasteiger partial charge in [-0.1, -0.05) is 24.3 Å². The van der Waals surface area contributed by atoms with Crippen LogP contribution in [0.1, 0.15) is 49.8 Å². The van der Waals surface area contributed by atoms with Gasteiger partial charge < -0.3 is 14.7 Å². The largest absolute Gasteiger partial charge is 0.481 e. The first kappa shape index (κ1) is 21.7. The standard InChI is InChI=1S/C25H27N3O4/c1-25(2,3)32-24(31)28-20-13-16(14-26)10-11-18(20)22(23(29)30)21(28)15-27-12-6-8-17-7-4-5-9-19(17)27/h4-5,7,9-11,13,21-22H,6,8,12,15H2,1-3H3,(H,29,30). The predicted octanol–water partition coefficient (Wildman–Crippen LogP) is 4.30. The van der Waals surface area contributed by atoms with Crippen LogP contribution in [0.15, 0.2) is 42.5 Å². The average molecular weight is 434 g/mol. The molecular weight excluding hydrogens is 406 g/mol. The molecule has 2 aliphatic rings. The number of carbonyl (C=O) groups excluding carboxylic acids is 1. The van der Waals surface area contributed by atoms with Crippen molar-refractivity contribution < 1.29 is 19.4 Å². The van der Waals surface area contributed by atoms with E-state index < -0.39 is 29.6 Å². The molecule has 0 radical (unpaired) electrons. The number of carboxylic acid groups (broad SMARTS) is 1. The van der Waals surface area contributed by atoms with Gasteiger partial charge in [0.15, 0.2) is 0 Å². The third-order valence-corrected chi connectivity index (χ3v) is 5.94. The Balaban J connectivity index is 1.78. The molecule has 2 aromatic carbocycles. The zero-order valence-electron chi connectivity index (χ0n) is 18.5. The number of aliphatic carboxylic acids is 1. The van der Waals surface area contributed by atoms with Crippen molar-refractivity contribution in [2.75, 3.05) is 22.9 Å². The van der Waals surface area contributed by atoms with Crippen LogP contribution in [0.4, 0.5) is 16.2 Å². The molecular formula is C25H27N3O4. The Labute approximate surface area is 187 Å². The number of carbonyl (C=O) groups is 2. The van der Waals surface area contributed by atoms with Gasteiger partial charge in [0.2, 0.25) is 0 Å². The minimum absolute atomic E-state index is 0.351. The van der Waals surface area contributed by atoms with Crippen LogP contribution in [0, 0.1) is 11.3 Å². The first-order valence-corrected chi connectivity index (χ1v) is 10.8. The summed E-state index contributed by atoms with van der Waals surface area (Å²) >= 11 is 0. The van der Waals surface area contributed by atoms with E-state index in [0.29, 0.717) is 23.4 Å². The summed E-state index contributed by atoms with van der Waals surface area (Å²) < 4.78 is 5.66. The lowest BCUT2D eigenvalue weighted by molar-refractivity contribution is -0.139. The molecule has 7 nitrogen and oxygen atoms in total. The first-order valence-electron chi connectivity index (χ1n) is 10.8. The number of carboxylic acids is 1. The van der Waals surface area contributed by atoms with E-state index in [1.54, 1.807) is 39.0 Å². The highest BCUT2D eigenvalue weighted by molar-refractivity contribution is 5.97. The lowest BCUT2D eigenvalue weighted by atomic mass is 9.93. The number of benzene rings is 2. The summed E-state index contributed by atoms with van der Waals surface area (Å²) in [7, 11) is 0. The highest BCUT2D eigenvalue weighted by atomic mass is 16.6. The Kier molecular flexibility index (Phi) is 5.55. The number of anilines is 2. The summed E-state index contributed by atoms with van der Waals surface area (Å²) in [5.41, 5.74) is 2.87. The van der Waals surface area contributed by atoms with Gasteiger partial charge in [0.1, 0.15) is 11.5 Å². The van der Waals surface area contributed by atoms with Crippen molar-refractivity contribution in [3.8, 4) is 6.07 Å². The van der Waals surface area contributed by atoms with E-state index in [1.807, 2.05) is 18.2 Å². The summed E-state index contributed by atoms with van der Waals surface area (Å²) in [4.78, 5) is 29.3. The maximum Gasteiger partial charge on any atom is 0.415 e. The number of para-hydroxylation sites is 1. The molecule has 2 unspecified atom stereocenters. The van der Waals surface area contributed by atoms with Gasteiger partial charge in [0, 0.05) is 18.8 Å². The zero-order valence-corrected chi connectivity index (χ0v) is 18.5. The molecule has 7 heteroatoms. The lowest BCUT2D eigenvalue weighted by Crippen LogP contribution is -2.50. The number of aryl methyl sites for hydroxylation is 1. The van der Waals surface area contributed by atoms with E-state index in [1.165, 1.54) is 10.5 Å². The molecule has 2 heterocycles. The number of fused-ring (bicyclic) bond motifs is 2. The Morgan fingerprint density at radius 2 is 1.94 bits per heavy atom. The maximum absolute atomic E-state index is 13.3. The zero-order chi connectivity index (χ0) is 23.0. The number of hydrogen-bond donors (Lipinski definition) is 1. The molecule has 2 atom stereocenters.